The van der Waals surface area contributed by atoms with E-state index in [4.69, 9.17) is 9.47 Å². The van der Waals surface area contributed by atoms with Gasteiger partial charge in [0.25, 0.3) is 0 Å². The van der Waals surface area contributed by atoms with Crippen molar-refractivity contribution in [3.05, 3.63) is 48.2 Å². The zero-order valence-electron chi connectivity index (χ0n) is 13.8. The molecule has 1 aromatic carbocycles. The van der Waals surface area contributed by atoms with Crippen molar-refractivity contribution in [2.24, 2.45) is 5.41 Å². The zero-order valence-corrected chi connectivity index (χ0v) is 13.8. The number of cyclic esters (lactones) is 1. The molecule has 1 heterocycles. The lowest BCUT2D eigenvalue weighted by atomic mass is 9.93. The molecule has 0 radical (unpaired) electrons. The Bertz CT molecular complexity index is 580. The van der Waals surface area contributed by atoms with E-state index in [9.17, 15) is 9.59 Å². The molecule has 0 aromatic heterocycles. The summed E-state index contributed by atoms with van der Waals surface area (Å²) in [7, 11) is 0. The number of nitrogens with zero attached hydrogens (tertiary/aromatic N) is 1. The van der Waals surface area contributed by atoms with Crippen molar-refractivity contribution >= 4 is 12.1 Å². The fraction of sp³-hybridized carbons (Fsp3) is 0.444. The van der Waals surface area contributed by atoms with E-state index in [1.54, 1.807) is 37.9 Å². The summed E-state index contributed by atoms with van der Waals surface area (Å²) >= 11 is 0. The van der Waals surface area contributed by atoms with Gasteiger partial charge in [-0.3, -0.25) is 9.69 Å². The van der Waals surface area contributed by atoms with Gasteiger partial charge in [-0.1, -0.05) is 36.4 Å². The topological polar surface area (TPSA) is 55.8 Å². The van der Waals surface area contributed by atoms with Gasteiger partial charge in [-0.15, -0.1) is 0 Å². The van der Waals surface area contributed by atoms with Crippen LogP contribution >= 0.6 is 0 Å². The second-order valence-electron chi connectivity index (χ2n) is 6.09. The van der Waals surface area contributed by atoms with E-state index in [2.05, 4.69) is 0 Å². The number of ether oxygens (including phenoxy) is 2. The first kappa shape index (κ1) is 17.1. The summed E-state index contributed by atoms with van der Waals surface area (Å²) in [5.41, 5.74) is 0.342. The number of carbonyl (C=O) groups excluding carboxylic acids is 2. The summed E-state index contributed by atoms with van der Waals surface area (Å²) < 4.78 is 10.2. The monoisotopic (exact) mass is 317 g/mol. The standard InChI is InChI=1S/C18H23NO4/c1-4-22-16(20)18(2,3)10-11-19-15(13-23-17(19)21)12-14-8-6-5-7-9-14/h5-11,15H,4,12-13H2,1-3H3/b11-10+/t15-/m0/s1. The fourth-order valence-corrected chi connectivity index (χ4v) is 2.35. The largest absolute Gasteiger partial charge is 0.465 e. The Morgan fingerprint density at radius 3 is 2.74 bits per heavy atom. The Morgan fingerprint density at radius 1 is 1.39 bits per heavy atom. The lowest BCUT2D eigenvalue weighted by molar-refractivity contribution is -0.150. The van der Waals surface area contributed by atoms with Gasteiger partial charge in [0, 0.05) is 6.20 Å². The number of hydrogen-bond donors (Lipinski definition) is 0. The molecule has 1 aliphatic rings. The Labute approximate surface area is 136 Å². The van der Waals surface area contributed by atoms with Crippen molar-refractivity contribution in [3.63, 3.8) is 0 Å². The van der Waals surface area contributed by atoms with Crippen LogP contribution in [0.5, 0.6) is 0 Å². The minimum absolute atomic E-state index is 0.0702. The van der Waals surface area contributed by atoms with Gasteiger partial charge < -0.3 is 9.47 Å². The summed E-state index contributed by atoms with van der Waals surface area (Å²) in [5, 5.41) is 0. The Balaban J connectivity index is 2.08. The van der Waals surface area contributed by atoms with Gasteiger partial charge in [-0.2, -0.15) is 0 Å². The Morgan fingerprint density at radius 2 is 2.09 bits per heavy atom. The molecule has 124 valence electrons. The zero-order chi connectivity index (χ0) is 16.9. The molecule has 23 heavy (non-hydrogen) atoms. The summed E-state index contributed by atoms with van der Waals surface area (Å²) in [6, 6.07) is 9.87. The van der Waals surface area contributed by atoms with Crippen molar-refractivity contribution in [2.75, 3.05) is 13.2 Å². The highest BCUT2D eigenvalue weighted by molar-refractivity contribution is 5.78. The highest BCUT2D eigenvalue weighted by Crippen LogP contribution is 2.23. The molecule has 1 fully saturated rings. The lowest BCUT2D eigenvalue weighted by Crippen LogP contribution is -2.32. The SMILES string of the molecule is CCOC(=O)C(C)(C)/C=C/N1C(=O)OC[C@@H]1Cc1ccccc1. The van der Waals surface area contributed by atoms with Crippen molar-refractivity contribution in [3.8, 4) is 0 Å². The van der Waals surface area contributed by atoms with Crippen LogP contribution in [0.1, 0.15) is 26.3 Å². The summed E-state index contributed by atoms with van der Waals surface area (Å²) in [6.45, 7) is 5.96. The van der Waals surface area contributed by atoms with E-state index >= 15 is 0 Å². The molecule has 0 saturated carbocycles. The smallest absolute Gasteiger partial charge is 0.414 e. The van der Waals surface area contributed by atoms with E-state index in [-0.39, 0.29) is 18.1 Å². The molecule has 0 bridgehead atoms. The van der Waals surface area contributed by atoms with Crippen LogP contribution in [0.4, 0.5) is 4.79 Å². The highest BCUT2D eigenvalue weighted by Gasteiger charge is 2.33. The van der Waals surface area contributed by atoms with Crippen LogP contribution < -0.4 is 0 Å². The molecule has 1 aliphatic heterocycles. The van der Waals surface area contributed by atoms with E-state index in [1.807, 2.05) is 30.3 Å². The molecule has 1 amide bonds. The summed E-state index contributed by atoms with van der Waals surface area (Å²) in [6.07, 6.45) is 3.65. The van der Waals surface area contributed by atoms with Crippen LogP contribution in [0.2, 0.25) is 0 Å². The van der Waals surface area contributed by atoms with Crippen LogP contribution in [0, 0.1) is 5.41 Å². The average molecular weight is 317 g/mol. The molecule has 5 nitrogen and oxygen atoms in total. The first-order valence-corrected chi connectivity index (χ1v) is 7.79. The van der Waals surface area contributed by atoms with E-state index in [1.165, 1.54) is 0 Å². The molecule has 5 heteroatoms. The number of hydrogen-bond acceptors (Lipinski definition) is 4. The van der Waals surface area contributed by atoms with Crippen LogP contribution in [0.25, 0.3) is 0 Å². The molecule has 0 unspecified atom stereocenters. The molecule has 2 rings (SSSR count). The number of esters is 1. The van der Waals surface area contributed by atoms with Crippen molar-refractivity contribution in [2.45, 2.75) is 33.2 Å². The third-order valence-corrected chi connectivity index (χ3v) is 3.77. The second-order valence-corrected chi connectivity index (χ2v) is 6.09. The number of carbonyl (C=O) groups is 2. The number of amides is 1. The lowest BCUT2D eigenvalue weighted by Gasteiger charge is -2.21. The molecule has 0 spiro atoms. The summed E-state index contributed by atoms with van der Waals surface area (Å²) in [4.78, 5) is 25.4. The summed E-state index contributed by atoms with van der Waals surface area (Å²) in [5.74, 6) is -0.316. The quantitative estimate of drug-likeness (QED) is 0.756. The minimum Gasteiger partial charge on any atom is -0.465 e. The van der Waals surface area contributed by atoms with E-state index < -0.39 is 5.41 Å². The molecule has 0 aliphatic carbocycles. The van der Waals surface area contributed by atoms with Gasteiger partial charge in [-0.05, 0) is 32.8 Å². The van der Waals surface area contributed by atoms with Gasteiger partial charge in [0.2, 0.25) is 0 Å². The Kier molecular flexibility index (Phi) is 5.42. The minimum atomic E-state index is -0.795. The maximum absolute atomic E-state index is 11.9. The number of rotatable bonds is 6. The van der Waals surface area contributed by atoms with Gasteiger partial charge in [0.15, 0.2) is 0 Å². The first-order chi connectivity index (χ1) is 10.9. The van der Waals surface area contributed by atoms with Gasteiger partial charge in [0.05, 0.1) is 18.1 Å². The van der Waals surface area contributed by atoms with Crippen molar-refractivity contribution < 1.29 is 19.1 Å². The maximum atomic E-state index is 11.9. The van der Waals surface area contributed by atoms with Gasteiger partial charge in [-0.25, -0.2) is 4.79 Å². The molecular weight excluding hydrogens is 294 g/mol. The van der Waals surface area contributed by atoms with Crippen molar-refractivity contribution in [1.29, 1.82) is 0 Å². The van der Waals surface area contributed by atoms with Gasteiger partial charge in [0.1, 0.15) is 6.61 Å². The molecule has 1 saturated heterocycles. The average Bonchev–Trinajstić information content (AvgIpc) is 2.87. The third-order valence-electron chi connectivity index (χ3n) is 3.77. The third kappa shape index (κ3) is 4.34. The van der Waals surface area contributed by atoms with Crippen LogP contribution in [0.15, 0.2) is 42.6 Å². The van der Waals surface area contributed by atoms with E-state index in [0.717, 1.165) is 5.56 Å². The maximum Gasteiger partial charge on any atom is 0.414 e. The molecule has 1 aromatic rings. The first-order valence-electron chi connectivity index (χ1n) is 7.79. The highest BCUT2D eigenvalue weighted by atomic mass is 16.6. The van der Waals surface area contributed by atoms with E-state index in [0.29, 0.717) is 19.6 Å². The normalized spacial score (nSPS) is 18.3. The predicted octanol–water partition coefficient (Wildman–Crippen LogP) is 3.15. The molecular formula is C18H23NO4. The molecule has 1 atom stereocenters. The van der Waals surface area contributed by atoms with Crippen LogP contribution in [-0.2, 0) is 20.7 Å². The Hall–Kier alpha value is -2.30. The molecule has 0 N–H and O–H groups in total. The second kappa shape index (κ2) is 7.31. The fourth-order valence-electron chi connectivity index (χ4n) is 2.35. The van der Waals surface area contributed by atoms with Crippen LogP contribution in [0.3, 0.4) is 0 Å². The number of benzene rings is 1. The van der Waals surface area contributed by atoms with Crippen molar-refractivity contribution in [1.82, 2.24) is 4.90 Å². The van der Waals surface area contributed by atoms with Crippen LogP contribution in [-0.4, -0.2) is 36.2 Å². The van der Waals surface area contributed by atoms with Gasteiger partial charge >= 0.3 is 12.1 Å². The predicted molar refractivity (Wildman–Crippen MR) is 86.7 cm³/mol.